The summed E-state index contributed by atoms with van der Waals surface area (Å²) in [6.45, 7) is 0. The van der Waals surface area contributed by atoms with E-state index in [1.807, 2.05) is 0 Å². The molecule has 0 N–H and O–H groups in total. The van der Waals surface area contributed by atoms with E-state index in [2.05, 4.69) is 48.5 Å². The lowest BCUT2D eigenvalue weighted by Gasteiger charge is -2.28. The van der Waals surface area contributed by atoms with Crippen molar-refractivity contribution >= 4 is 0 Å². The molecule has 1 fully saturated rings. The first-order chi connectivity index (χ1) is 9.45. The summed E-state index contributed by atoms with van der Waals surface area (Å²) in [7, 11) is 0. The summed E-state index contributed by atoms with van der Waals surface area (Å²) in [6.07, 6.45) is 6.84. The van der Waals surface area contributed by atoms with Gasteiger partial charge in [0.25, 0.3) is 0 Å². The fourth-order valence-corrected chi connectivity index (χ4v) is 3.89. The Bertz CT molecular complexity index is 545. The third kappa shape index (κ3) is 1.74. The van der Waals surface area contributed by atoms with E-state index in [0.717, 1.165) is 0 Å². The summed E-state index contributed by atoms with van der Waals surface area (Å²) in [6, 6.07) is 18.0. The molecule has 0 aliphatic heterocycles. The molecule has 2 aromatic carbocycles. The van der Waals surface area contributed by atoms with Crippen molar-refractivity contribution in [2.45, 2.75) is 38.0 Å². The zero-order valence-corrected chi connectivity index (χ0v) is 11.2. The smallest absolute Gasteiger partial charge is 0.0164 e. The molecule has 1 radical (unpaired) electrons. The first kappa shape index (κ1) is 11.3. The molecule has 0 nitrogen and oxygen atoms in total. The van der Waals surface area contributed by atoms with Crippen LogP contribution in [-0.2, 0) is 0 Å². The summed E-state index contributed by atoms with van der Waals surface area (Å²) >= 11 is 0. The Morgan fingerprint density at radius 1 is 0.632 bits per heavy atom. The maximum Gasteiger partial charge on any atom is 0.0164 e. The number of benzene rings is 2. The van der Waals surface area contributed by atoms with E-state index < -0.39 is 0 Å². The van der Waals surface area contributed by atoms with E-state index >= 15 is 0 Å². The van der Waals surface area contributed by atoms with Crippen LogP contribution in [0.3, 0.4) is 0 Å². The van der Waals surface area contributed by atoms with Crippen molar-refractivity contribution in [2.24, 2.45) is 0 Å². The average molecular weight is 247 g/mol. The summed E-state index contributed by atoms with van der Waals surface area (Å²) in [5.74, 6) is 2.34. The normalized spacial score (nSPS) is 19.2. The monoisotopic (exact) mass is 247 g/mol. The van der Waals surface area contributed by atoms with Gasteiger partial charge in [0.15, 0.2) is 0 Å². The van der Waals surface area contributed by atoms with Gasteiger partial charge in [0.1, 0.15) is 0 Å². The van der Waals surface area contributed by atoms with Crippen LogP contribution in [0.2, 0.25) is 0 Å². The van der Waals surface area contributed by atoms with Gasteiger partial charge in [0, 0.05) is 5.92 Å². The van der Waals surface area contributed by atoms with Gasteiger partial charge in [-0.05, 0) is 41.0 Å². The molecule has 2 aliphatic carbocycles. The van der Waals surface area contributed by atoms with Crippen molar-refractivity contribution in [3.8, 4) is 11.1 Å². The van der Waals surface area contributed by atoms with Gasteiger partial charge < -0.3 is 0 Å². The van der Waals surface area contributed by atoms with Crippen molar-refractivity contribution in [1.29, 1.82) is 0 Å². The van der Waals surface area contributed by atoms with Gasteiger partial charge in [-0.1, -0.05) is 67.8 Å². The fraction of sp³-hybridized carbons (Fsp3) is 0.316. The van der Waals surface area contributed by atoms with E-state index in [9.17, 15) is 0 Å². The second-order valence-electron chi connectivity index (χ2n) is 5.83. The molecule has 0 bridgehead atoms. The summed E-state index contributed by atoms with van der Waals surface area (Å²) in [5.41, 5.74) is 6.00. The van der Waals surface area contributed by atoms with Crippen LogP contribution in [0, 0.1) is 5.92 Å². The third-order valence-corrected chi connectivity index (χ3v) is 4.74. The Morgan fingerprint density at radius 2 is 1.16 bits per heavy atom. The summed E-state index contributed by atoms with van der Waals surface area (Å²) < 4.78 is 0. The van der Waals surface area contributed by atoms with Gasteiger partial charge in [0.05, 0.1) is 0 Å². The molecule has 0 spiro atoms. The molecule has 0 heteroatoms. The lowest BCUT2D eigenvalue weighted by atomic mass is 9.76. The minimum Gasteiger partial charge on any atom is -0.0619 e. The lowest BCUT2D eigenvalue weighted by Crippen LogP contribution is -2.13. The predicted octanol–water partition coefficient (Wildman–Crippen LogP) is 5.34. The number of fused-ring (bicyclic) bond motifs is 3. The van der Waals surface area contributed by atoms with Gasteiger partial charge >= 0.3 is 0 Å². The molecule has 0 heterocycles. The van der Waals surface area contributed by atoms with Crippen LogP contribution in [0.25, 0.3) is 11.1 Å². The Labute approximate surface area is 115 Å². The van der Waals surface area contributed by atoms with Gasteiger partial charge in [-0.3, -0.25) is 0 Å². The molecule has 95 valence electrons. The highest BCUT2D eigenvalue weighted by molar-refractivity contribution is 5.79. The molecule has 19 heavy (non-hydrogen) atoms. The highest BCUT2D eigenvalue weighted by Gasteiger charge is 2.34. The van der Waals surface area contributed by atoms with Crippen LogP contribution in [-0.4, -0.2) is 0 Å². The quantitative estimate of drug-likeness (QED) is 0.638. The van der Waals surface area contributed by atoms with Crippen molar-refractivity contribution in [3.05, 3.63) is 65.6 Å². The van der Waals surface area contributed by atoms with E-state index in [-0.39, 0.29) is 0 Å². The summed E-state index contributed by atoms with van der Waals surface area (Å²) in [4.78, 5) is 0. The van der Waals surface area contributed by atoms with Crippen LogP contribution >= 0.6 is 0 Å². The van der Waals surface area contributed by atoms with Gasteiger partial charge in [-0.2, -0.15) is 0 Å². The third-order valence-electron chi connectivity index (χ3n) is 4.74. The van der Waals surface area contributed by atoms with Gasteiger partial charge in [0.2, 0.25) is 0 Å². The molecule has 0 unspecified atom stereocenters. The van der Waals surface area contributed by atoms with Gasteiger partial charge in [-0.15, -0.1) is 0 Å². The first-order valence-corrected chi connectivity index (χ1v) is 7.48. The molecule has 2 aliphatic rings. The molecule has 2 aromatic rings. The Balaban J connectivity index is 1.86. The second kappa shape index (κ2) is 4.52. The van der Waals surface area contributed by atoms with Crippen LogP contribution in [0.4, 0.5) is 0 Å². The number of hydrogen-bond acceptors (Lipinski definition) is 0. The zero-order chi connectivity index (χ0) is 12.7. The summed E-state index contributed by atoms with van der Waals surface area (Å²) in [5, 5.41) is 0. The maximum atomic E-state index is 2.33. The molecule has 0 amide bonds. The highest BCUT2D eigenvalue weighted by Crippen LogP contribution is 2.51. The van der Waals surface area contributed by atoms with E-state index in [1.165, 1.54) is 43.2 Å². The lowest BCUT2D eigenvalue weighted by molar-refractivity contribution is 0.500. The highest BCUT2D eigenvalue weighted by atomic mass is 14.4. The number of rotatable bonds is 1. The van der Waals surface area contributed by atoms with Crippen molar-refractivity contribution in [2.75, 3.05) is 0 Å². The first-order valence-electron chi connectivity index (χ1n) is 7.48. The van der Waals surface area contributed by atoms with Gasteiger partial charge in [-0.25, -0.2) is 0 Å². The molecule has 0 aromatic heterocycles. The molecule has 4 rings (SSSR count). The maximum absolute atomic E-state index is 2.33. The second-order valence-corrected chi connectivity index (χ2v) is 5.83. The Hall–Kier alpha value is -1.56. The Morgan fingerprint density at radius 3 is 1.74 bits per heavy atom. The SMILES string of the molecule is c1ccc2c(c1)-c1ccccc1C2[C]1CCCCC1. The van der Waals surface area contributed by atoms with Crippen molar-refractivity contribution in [1.82, 2.24) is 0 Å². The Kier molecular flexibility index (Phi) is 2.69. The van der Waals surface area contributed by atoms with E-state index in [4.69, 9.17) is 0 Å². The van der Waals surface area contributed by atoms with E-state index in [0.29, 0.717) is 5.92 Å². The topological polar surface area (TPSA) is 0 Å². The number of hydrogen-bond donors (Lipinski definition) is 0. The molecular formula is C19H19. The van der Waals surface area contributed by atoms with Crippen LogP contribution in [0.15, 0.2) is 48.5 Å². The van der Waals surface area contributed by atoms with Crippen molar-refractivity contribution < 1.29 is 0 Å². The van der Waals surface area contributed by atoms with Crippen molar-refractivity contribution in [3.63, 3.8) is 0 Å². The zero-order valence-electron chi connectivity index (χ0n) is 11.2. The molecule has 1 saturated carbocycles. The molecule has 0 atom stereocenters. The molecule has 0 saturated heterocycles. The largest absolute Gasteiger partial charge is 0.0619 e. The minimum atomic E-state index is 0.577. The van der Waals surface area contributed by atoms with Crippen LogP contribution in [0.5, 0.6) is 0 Å². The van der Waals surface area contributed by atoms with Crippen LogP contribution < -0.4 is 0 Å². The average Bonchev–Trinajstić information content (AvgIpc) is 2.83. The predicted molar refractivity (Wildman–Crippen MR) is 80.0 cm³/mol. The standard InChI is InChI=1S/C19H19/c1-2-8-14(9-3-1)19-17-12-6-4-10-15(17)16-11-5-7-13-18(16)19/h4-7,10-13,19H,1-3,8-9H2. The minimum absolute atomic E-state index is 0.577. The molecular weight excluding hydrogens is 228 g/mol. The van der Waals surface area contributed by atoms with E-state index in [1.54, 1.807) is 17.0 Å². The fourth-order valence-electron chi connectivity index (χ4n) is 3.89. The van der Waals surface area contributed by atoms with Crippen LogP contribution in [0.1, 0.15) is 49.1 Å².